The lowest BCUT2D eigenvalue weighted by Gasteiger charge is -2.34. The Balaban J connectivity index is 2.08. The number of methoxy groups -OCH3 is 1. The summed E-state index contributed by atoms with van der Waals surface area (Å²) in [7, 11) is -2.80. The number of halogens is 1. The highest BCUT2D eigenvalue weighted by atomic mass is 32.2. The first-order chi connectivity index (χ1) is 20.3. The summed E-state index contributed by atoms with van der Waals surface area (Å²) in [6.07, 6.45) is 0.283. The first-order valence-corrected chi connectivity index (χ1v) is 15.5. The van der Waals surface area contributed by atoms with E-state index >= 15 is 0 Å². The van der Waals surface area contributed by atoms with E-state index < -0.39 is 39.9 Å². The van der Waals surface area contributed by atoms with Gasteiger partial charge in [-0.1, -0.05) is 19.1 Å². The number of amides is 2. The van der Waals surface area contributed by atoms with Crippen molar-refractivity contribution in [2.75, 3.05) is 24.6 Å². The third-order valence-electron chi connectivity index (χ3n) is 6.49. The number of rotatable bonds is 13. The number of hydrogen-bond acceptors (Lipinski definition) is 6. The molecule has 1 atom stereocenters. The van der Waals surface area contributed by atoms with E-state index in [1.807, 2.05) is 27.7 Å². The van der Waals surface area contributed by atoms with Crippen LogP contribution in [0.5, 0.6) is 11.5 Å². The maximum absolute atomic E-state index is 14.2. The minimum Gasteiger partial charge on any atom is -0.497 e. The van der Waals surface area contributed by atoms with Crippen LogP contribution in [0.25, 0.3) is 0 Å². The van der Waals surface area contributed by atoms with Crippen LogP contribution >= 0.6 is 0 Å². The molecule has 232 valence electrons. The zero-order valence-corrected chi connectivity index (χ0v) is 26.3. The van der Waals surface area contributed by atoms with Crippen molar-refractivity contribution in [3.8, 4) is 11.5 Å². The Hall–Kier alpha value is -4.12. The molecule has 1 N–H and O–H groups in total. The lowest BCUT2D eigenvalue weighted by atomic mass is 10.1. The lowest BCUT2D eigenvalue weighted by Crippen LogP contribution is -2.55. The van der Waals surface area contributed by atoms with Crippen molar-refractivity contribution in [2.45, 2.75) is 64.1 Å². The molecule has 0 aromatic heterocycles. The van der Waals surface area contributed by atoms with Gasteiger partial charge in [0.15, 0.2) is 0 Å². The Kier molecular flexibility index (Phi) is 11.2. The molecule has 0 fully saturated rings. The first kappa shape index (κ1) is 33.4. The van der Waals surface area contributed by atoms with Crippen LogP contribution in [0.3, 0.4) is 0 Å². The minimum atomic E-state index is -4.33. The van der Waals surface area contributed by atoms with Crippen LogP contribution in [0.2, 0.25) is 0 Å². The van der Waals surface area contributed by atoms with E-state index in [0.29, 0.717) is 23.7 Å². The van der Waals surface area contributed by atoms with Gasteiger partial charge in [0.1, 0.15) is 29.9 Å². The topological polar surface area (TPSA) is 105 Å². The molecule has 3 aromatic carbocycles. The van der Waals surface area contributed by atoms with Gasteiger partial charge < -0.3 is 19.7 Å². The molecule has 43 heavy (non-hydrogen) atoms. The van der Waals surface area contributed by atoms with E-state index in [9.17, 15) is 22.4 Å². The van der Waals surface area contributed by atoms with Crippen molar-refractivity contribution >= 4 is 27.5 Å². The number of nitrogens with zero attached hydrogens (tertiary/aromatic N) is 2. The van der Waals surface area contributed by atoms with Crippen LogP contribution in [0.1, 0.15) is 46.6 Å². The standard InChI is InChI=1S/C32H40FN3O6S/c1-7-29(31(38)34-32(3,4)5)35(21-23-10-9-11-27(20-23)41-6)30(37)22-36(25-14-16-26(17-15-25)42-8-2)43(39,40)28-18-12-24(33)13-19-28/h9-20,29H,7-8,21-22H2,1-6H3,(H,34,38). The molecule has 0 aliphatic carbocycles. The van der Waals surface area contributed by atoms with E-state index in [0.717, 1.165) is 28.6 Å². The van der Waals surface area contributed by atoms with Gasteiger partial charge in [0.05, 0.1) is 24.3 Å². The third kappa shape index (κ3) is 8.93. The SMILES string of the molecule is CCOc1ccc(N(CC(=O)N(Cc2cccc(OC)c2)C(CC)C(=O)NC(C)(C)C)S(=O)(=O)c2ccc(F)cc2)cc1. The van der Waals surface area contributed by atoms with Crippen LogP contribution < -0.4 is 19.1 Å². The van der Waals surface area contributed by atoms with Gasteiger partial charge >= 0.3 is 0 Å². The first-order valence-electron chi connectivity index (χ1n) is 14.0. The number of benzene rings is 3. The number of carbonyl (C=O) groups excluding carboxylic acids is 2. The van der Waals surface area contributed by atoms with E-state index in [1.54, 1.807) is 43.3 Å². The fraction of sp³-hybridized carbons (Fsp3) is 0.375. The number of sulfonamides is 1. The smallest absolute Gasteiger partial charge is 0.264 e. The summed E-state index contributed by atoms with van der Waals surface area (Å²) in [5.41, 5.74) is 0.341. The summed E-state index contributed by atoms with van der Waals surface area (Å²) in [5, 5.41) is 2.94. The van der Waals surface area contributed by atoms with E-state index in [1.165, 1.54) is 24.1 Å². The monoisotopic (exact) mass is 613 g/mol. The molecule has 1 unspecified atom stereocenters. The fourth-order valence-electron chi connectivity index (χ4n) is 4.48. The summed E-state index contributed by atoms with van der Waals surface area (Å²) in [6, 6.07) is 16.9. The lowest BCUT2D eigenvalue weighted by molar-refractivity contribution is -0.141. The predicted molar refractivity (Wildman–Crippen MR) is 164 cm³/mol. The fourth-order valence-corrected chi connectivity index (χ4v) is 5.89. The Morgan fingerprint density at radius 1 is 0.953 bits per heavy atom. The molecule has 11 heteroatoms. The van der Waals surface area contributed by atoms with Gasteiger partial charge in [-0.3, -0.25) is 13.9 Å². The molecule has 0 saturated heterocycles. The average molecular weight is 614 g/mol. The molecular formula is C32H40FN3O6S. The van der Waals surface area contributed by atoms with Crippen molar-refractivity contribution in [3.63, 3.8) is 0 Å². The summed E-state index contributed by atoms with van der Waals surface area (Å²) >= 11 is 0. The predicted octanol–water partition coefficient (Wildman–Crippen LogP) is 5.15. The minimum absolute atomic E-state index is 0.0276. The van der Waals surface area contributed by atoms with Gasteiger partial charge in [0.2, 0.25) is 11.8 Å². The van der Waals surface area contributed by atoms with Crippen molar-refractivity contribution in [1.82, 2.24) is 10.2 Å². The Morgan fingerprint density at radius 2 is 1.60 bits per heavy atom. The molecule has 0 saturated carbocycles. The summed E-state index contributed by atoms with van der Waals surface area (Å²) < 4.78 is 53.3. The largest absolute Gasteiger partial charge is 0.497 e. The van der Waals surface area contributed by atoms with E-state index in [4.69, 9.17) is 9.47 Å². The van der Waals surface area contributed by atoms with Gasteiger partial charge in [-0.2, -0.15) is 0 Å². The van der Waals surface area contributed by atoms with E-state index in [2.05, 4.69) is 5.32 Å². The molecule has 0 radical (unpaired) electrons. The van der Waals surface area contributed by atoms with Gasteiger partial charge in [0, 0.05) is 12.1 Å². The van der Waals surface area contributed by atoms with Gasteiger partial charge in [0.25, 0.3) is 10.0 Å². The van der Waals surface area contributed by atoms with Crippen LogP contribution in [-0.4, -0.2) is 57.0 Å². The summed E-state index contributed by atoms with van der Waals surface area (Å²) in [4.78, 5) is 28.8. The summed E-state index contributed by atoms with van der Waals surface area (Å²) in [6.45, 7) is 8.98. The van der Waals surface area contributed by atoms with Crippen molar-refractivity contribution in [1.29, 1.82) is 0 Å². The molecule has 0 aliphatic heterocycles. The third-order valence-corrected chi connectivity index (χ3v) is 8.28. The highest BCUT2D eigenvalue weighted by molar-refractivity contribution is 7.92. The van der Waals surface area contributed by atoms with E-state index in [-0.39, 0.29) is 29.5 Å². The average Bonchev–Trinajstić information content (AvgIpc) is 2.95. The second-order valence-corrected chi connectivity index (χ2v) is 12.8. The second-order valence-electron chi connectivity index (χ2n) is 10.9. The second kappa shape index (κ2) is 14.4. The maximum Gasteiger partial charge on any atom is 0.264 e. The zero-order valence-electron chi connectivity index (χ0n) is 25.5. The molecule has 3 rings (SSSR count). The normalized spacial score (nSPS) is 12.3. The maximum atomic E-state index is 14.2. The van der Waals surface area contributed by atoms with Crippen LogP contribution in [0, 0.1) is 5.82 Å². The van der Waals surface area contributed by atoms with Crippen molar-refractivity contribution < 1.29 is 31.9 Å². The van der Waals surface area contributed by atoms with Crippen molar-refractivity contribution in [3.05, 3.63) is 84.2 Å². The quantitative estimate of drug-likeness (QED) is 0.286. The van der Waals surface area contributed by atoms with Gasteiger partial charge in [-0.15, -0.1) is 0 Å². The molecule has 0 bridgehead atoms. The number of anilines is 1. The molecule has 0 aliphatic rings. The number of hydrogen-bond donors (Lipinski definition) is 1. The highest BCUT2D eigenvalue weighted by Gasteiger charge is 2.34. The molecule has 0 heterocycles. The van der Waals surface area contributed by atoms with Crippen LogP contribution in [-0.2, 0) is 26.2 Å². The van der Waals surface area contributed by atoms with Gasteiger partial charge in [-0.25, -0.2) is 12.8 Å². The molecular weight excluding hydrogens is 573 g/mol. The highest BCUT2D eigenvalue weighted by Crippen LogP contribution is 2.27. The molecule has 0 spiro atoms. The summed E-state index contributed by atoms with van der Waals surface area (Å²) in [5.74, 6) is -0.449. The molecule has 2 amide bonds. The number of ether oxygens (including phenoxy) is 2. The van der Waals surface area contributed by atoms with Crippen LogP contribution in [0.15, 0.2) is 77.7 Å². The Labute approximate surface area is 253 Å². The Bertz CT molecular complexity index is 1490. The van der Waals surface area contributed by atoms with Gasteiger partial charge in [-0.05, 0) is 100 Å². The molecule has 3 aromatic rings. The number of nitrogens with one attached hydrogen (secondary N) is 1. The Morgan fingerprint density at radius 3 is 2.16 bits per heavy atom. The van der Waals surface area contributed by atoms with Crippen molar-refractivity contribution in [2.24, 2.45) is 0 Å². The zero-order chi connectivity index (χ0) is 31.8. The molecule has 9 nitrogen and oxygen atoms in total. The number of carbonyl (C=O) groups is 2. The van der Waals surface area contributed by atoms with Crippen LogP contribution in [0.4, 0.5) is 10.1 Å².